The Hall–Kier alpha value is -6.03. The Morgan fingerprint density at radius 3 is 2.24 bits per heavy atom. The van der Waals surface area contributed by atoms with E-state index in [1.54, 1.807) is 30.9 Å². The average molecular weight is 788 g/mol. The van der Waals surface area contributed by atoms with Crippen LogP contribution in [0.3, 0.4) is 0 Å². The summed E-state index contributed by atoms with van der Waals surface area (Å²) in [4.78, 5) is 56.6. The number of thiazole rings is 2. The Morgan fingerprint density at radius 2 is 1.62 bits per heavy atom. The van der Waals surface area contributed by atoms with Crippen molar-refractivity contribution < 1.29 is 24.3 Å². The number of rotatable bonds is 13. The van der Waals surface area contributed by atoms with Gasteiger partial charge in [0.25, 0.3) is 11.8 Å². The Labute approximate surface area is 327 Å². The molecule has 3 aromatic carbocycles. The summed E-state index contributed by atoms with van der Waals surface area (Å²) in [7, 11) is 0. The molecule has 5 heterocycles. The number of carbonyl (C=O) groups excluding carboxylic acids is 2. The van der Waals surface area contributed by atoms with Gasteiger partial charge in [-0.05, 0) is 35.3 Å². The molecule has 3 N–H and O–H groups in total. The van der Waals surface area contributed by atoms with Crippen molar-refractivity contribution >= 4 is 74.0 Å². The van der Waals surface area contributed by atoms with Gasteiger partial charge in [-0.1, -0.05) is 102 Å². The van der Waals surface area contributed by atoms with Gasteiger partial charge in [0.1, 0.15) is 46.1 Å². The van der Waals surface area contributed by atoms with Crippen molar-refractivity contribution in [1.82, 2.24) is 24.6 Å². The summed E-state index contributed by atoms with van der Waals surface area (Å²) in [5.41, 5.74) is 3.47. The molecule has 276 valence electrons. The van der Waals surface area contributed by atoms with Crippen LogP contribution >= 0.6 is 34.4 Å². The first kappa shape index (κ1) is 36.0. The van der Waals surface area contributed by atoms with Crippen molar-refractivity contribution in [2.75, 3.05) is 17.7 Å². The number of aromatic nitrogens is 3. The van der Waals surface area contributed by atoms with Gasteiger partial charge >= 0.3 is 5.97 Å². The molecule has 1 fully saturated rings. The van der Waals surface area contributed by atoms with E-state index < -0.39 is 34.7 Å². The molecule has 0 unspecified atom stereocenters. The highest BCUT2D eigenvalue weighted by molar-refractivity contribution is 8.00. The molecule has 55 heavy (non-hydrogen) atoms. The van der Waals surface area contributed by atoms with Gasteiger partial charge in [-0.3, -0.25) is 18.9 Å². The van der Waals surface area contributed by atoms with Gasteiger partial charge in [0.2, 0.25) is 0 Å². The summed E-state index contributed by atoms with van der Waals surface area (Å²) in [6.07, 6.45) is 6.97. The Bertz CT molecular complexity index is 2360. The molecule has 0 bridgehead atoms. The molecule has 8 rings (SSSR count). The predicted molar refractivity (Wildman–Crippen MR) is 215 cm³/mol. The van der Waals surface area contributed by atoms with Gasteiger partial charge < -0.3 is 20.6 Å². The molecule has 3 aromatic heterocycles. The number of aliphatic carboxylic acids is 1. The molecular weight excluding hydrogens is 755 g/mol. The zero-order valence-corrected chi connectivity index (χ0v) is 31.7. The summed E-state index contributed by atoms with van der Waals surface area (Å²) in [6, 6.07) is 29.3. The van der Waals surface area contributed by atoms with Gasteiger partial charge in [0.15, 0.2) is 10.8 Å². The first-order valence-electron chi connectivity index (χ1n) is 17.3. The lowest BCUT2D eigenvalue weighted by Crippen LogP contribution is -2.71. The maximum Gasteiger partial charge on any atom is 0.352 e. The molecule has 0 saturated carbocycles. The number of oxime groups is 1. The minimum atomic E-state index is -1.22. The third kappa shape index (κ3) is 6.70. The van der Waals surface area contributed by atoms with E-state index in [-0.39, 0.29) is 23.7 Å². The van der Waals surface area contributed by atoms with Crippen LogP contribution in [0.2, 0.25) is 0 Å². The standard InChI is InChI=1S/C40H33N7O5S3/c1-2-52-45-32(30-23-55-39(42-30)44-40(26-12-6-3-7-13-26,27-14-8-4-9-15-27)28-16-10-5-11-17-28)35(48)43-33-36(49)47-34(38(50)51)25(21-54-37(33)47)18-19-29-22-53-31-20-41-24-46(29)31/h3-20,22-24,33,37H,2,21H2,1H3,(H,42,44)(H,43,48)(H,50,51)/t33-,37-/m1/s1. The number of imidazole rings is 1. The normalized spacial score (nSPS) is 17.3. The van der Waals surface area contributed by atoms with Crippen molar-refractivity contribution in [2.24, 2.45) is 5.16 Å². The SMILES string of the molecule is CCON=C(C(=O)N[C@@H]1C(=O)N2C(C(=O)O)=C(C=Cc3csc4cncn34)CS[C@H]12)c1csc(NC(c2ccccc2)(c2ccccc2)c2ccccc2)n1. The minimum absolute atomic E-state index is 0.107. The fraction of sp³-hybridized carbons (Fsp3) is 0.150. The quantitative estimate of drug-likeness (QED) is 0.0520. The topological polar surface area (TPSA) is 151 Å². The zero-order chi connectivity index (χ0) is 37.9. The van der Waals surface area contributed by atoms with Crippen LogP contribution < -0.4 is 10.6 Å². The van der Waals surface area contributed by atoms with Crippen LogP contribution in [0.5, 0.6) is 0 Å². The first-order valence-corrected chi connectivity index (χ1v) is 20.1. The molecule has 2 aliphatic heterocycles. The Balaban J connectivity index is 1.05. The number of carboxylic acids is 1. The van der Waals surface area contributed by atoms with Gasteiger partial charge in [-0.15, -0.1) is 34.4 Å². The average Bonchev–Trinajstić information content (AvgIpc) is 3.98. The van der Waals surface area contributed by atoms with E-state index in [2.05, 4.69) is 57.2 Å². The number of β-lactam (4-membered cyclic amide) rings is 1. The van der Waals surface area contributed by atoms with Gasteiger partial charge in [-0.2, -0.15) is 0 Å². The summed E-state index contributed by atoms with van der Waals surface area (Å²) in [6.45, 7) is 1.94. The summed E-state index contributed by atoms with van der Waals surface area (Å²) in [5, 5.41) is 24.4. The molecule has 2 aliphatic rings. The maximum atomic E-state index is 13.9. The van der Waals surface area contributed by atoms with Crippen molar-refractivity contribution in [3.8, 4) is 0 Å². The van der Waals surface area contributed by atoms with Crippen LogP contribution in [-0.2, 0) is 24.8 Å². The van der Waals surface area contributed by atoms with Crippen molar-refractivity contribution in [3.63, 3.8) is 0 Å². The molecule has 0 spiro atoms. The lowest BCUT2D eigenvalue weighted by atomic mass is 9.77. The zero-order valence-electron chi connectivity index (χ0n) is 29.2. The highest BCUT2D eigenvalue weighted by Crippen LogP contribution is 2.42. The second-order valence-electron chi connectivity index (χ2n) is 12.5. The Kier molecular flexibility index (Phi) is 10.1. The largest absolute Gasteiger partial charge is 0.477 e. The number of nitrogens with zero attached hydrogens (tertiary/aromatic N) is 5. The summed E-state index contributed by atoms with van der Waals surface area (Å²) < 4.78 is 1.90. The van der Waals surface area contributed by atoms with Crippen molar-refractivity contribution in [2.45, 2.75) is 23.9 Å². The third-order valence-corrected chi connectivity index (χ3v) is 12.2. The number of hydrogen-bond donors (Lipinski definition) is 3. The van der Waals surface area contributed by atoms with Gasteiger partial charge in [0, 0.05) is 16.5 Å². The smallest absolute Gasteiger partial charge is 0.352 e. The monoisotopic (exact) mass is 787 g/mol. The highest BCUT2D eigenvalue weighted by Gasteiger charge is 2.54. The van der Waals surface area contributed by atoms with E-state index in [9.17, 15) is 19.5 Å². The Morgan fingerprint density at radius 1 is 0.964 bits per heavy atom. The van der Waals surface area contributed by atoms with E-state index >= 15 is 0 Å². The van der Waals surface area contributed by atoms with E-state index in [1.165, 1.54) is 39.3 Å². The number of anilines is 1. The molecule has 15 heteroatoms. The van der Waals surface area contributed by atoms with Crippen molar-refractivity contribution in [1.29, 1.82) is 0 Å². The van der Waals surface area contributed by atoms with Crippen LogP contribution in [0.15, 0.2) is 137 Å². The summed E-state index contributed by atoms with van der Waals surface area (Å²) >= 11 is 4.20. The molecule has 12 nitrogen and oxygen atoms in total. The van der Waals surface area contributed by atoms with Crippen LogP contribution in [0, 0.1) is 0 Å². The molecule has 0 aliphatic carbocycles. The number of amides is 2. The first-order chi connectivity index (χ1) is 26.9. The second-order valence-corrected chi connectivity index (χ2v) is 15.4. The van der Waals surface area contributed by atoms with E-state index in [4.69, 9.17) is 9.82 Å². The maximum absolute atomic E-state index is 13.9. The molecule has 1 saturated heterocycles. The van der Waals surface area contributed by atoms with Crippen molar-refractivity contribution in [3.05, 3.63) is 160 Å². The molecular formula is C40H33N7O5S3. The number of hydrogen-bond acceptors (Lipinski definition) is 11. The number of benzene rings is 3. The summed E-state index contributed by atoms with van der Waals surface area (Å²) in [5.74, 6) is -2.10. The lowest BCUT2D eigenvalue weighted by Gasteiger charge is -2.49. The van der Waals surface area contributed by atoms with E-state index in [1.807, 2.05) is 70.5 Å². The fourth-order valence-corrected chi connectivity index (χ4v) is 9.63. The number of thioether (sulfide) groups is 1. The molecule has 6 aromatic rings. The number of allylic oxidation sites excluding steroid dienone is 1. The van der Waals surface area contributed by atoms with E-state index in [0.717, 1.165) is 27.2 Å². The second kappa shape index (κ2) is 15.4. The number of carboxylic acid groups (broad SMARTS) is 1. The molecule has 2 atom stereocenters. The van der Waals surface area contributed by atoms with Crippen LogP contribution in [-0.4, -0.2) is 71.6 Å². The predicted octanol–water partition coefficient (Wildman–Crippen LogP) is 6.45. The number of nitrogens with one attached hydrogen (secondary N) is 2. The molecule has 0 radical (unpaired) electrons. The van der Waals surface area contributed by atoms with Gasteiger partial charge in [-0.25, -0.2) is 14.8 Å². The van der Waals surface area contributed by atoms with Crippen LogP contribution in [0.25, 0.3) is 10.9 Å². The van der Waals surface area contributed by atoms with Gasteiger partial charge in [0.05, 0.1) is 11.9 Å². The highest BCUT2D eigenvalue weighted by atomic mass is 32.2. The van der Waals surface area contributed by atoms with Crippen LogP contribution in [0.4, 0.5) is 5.13 Å². The third-order valence-electron chi connectivity index (χ3n) is 9.29. The number of fused-ring (bicyclic) bond motifs is 2. The number of carbonyl (C=O) groups is 3. The van der Waals surface area contributed by atoms with E-state index in [0.29, 0.717) is 16.5 Å². The fourth-order valence-electron chi connectivity index (χ4n) is 6.74. The van der Waals surface area contributed by atoms with Crippen LogP contribution in [0.1, 0.15) is 35.0 Å². The molecule has 2 amide bonds. The lowest BCUT2D eigenvalue weighted by molar-refractivity contribution is -0.150. The minimum Gasteiger partial charge on any atom is -0.477 e.